The first-order chi connectivity index (χ1) is 14.2. The maximum atomic E-state index is 13.6. The summed E-state index contributed by atoms with van der Waals surface area (Å²) < 4.78 is 53.4. The van der Waals surface area contributed by atoms with E-state index in [9.17, 15) is 18.4 Å². The van der Waals surface area contributed by atoms with Crippen molar-refractivity contribution < 1.29 is 22.1 Å². The number of alkyl halides is 3. The zero-order chi connectivity index (χ0) is 21.9. The van der Waals surface area contributed by atoms with E-state index < -0.39 is 11.7 Å². The molecule has 0 aliphatic rings. The van der Waals surface area contributed by atoms with Gasteiger partial charge in [0.05, 0.1) is 29.7 Å². The first-order valence-corrected chi connectivity index (χ1v) is 10.5. The van der Waals surface area contributed by atoms with Crippen LogP contribution in [0, 0.1) is 11.3 Å². The van der Waals surface area contributed by atoms with Crippen LogP contribution >= 0.6 is 10.8 Å². The Hall–Kier alpha value is -2.90. The third kappa shape index (κ3) is 4.63. The zero-order valence-corrected chi connectivity index (χ0v) is 17.3. The van der Waals surface area contributed by atoms with Crippen molar-refractivity contribution in [2.24, 2.45) is 7.05 Å². The Bertz CT molecular complexity index is 1150. The molecule has 1 aromatic carbocycles. The van der Waals surface area contributed by atoms with Crippen molar-refractivity contribution in [2.75, 3.05) is 19.5 Å². The number of fused-ring (bicyclic) bond motifs is 1. The van der Waals surface area contributed by atoms with Gasteiger partial charge in [-0.2, -0.15) is 18.4 Å². The van der Waals surface area contributed by atoms with Crippen molar-refractivity contribution in [3.63, 3.8) is 0 Å². The fourth-order valence-electron chi connectivity index (χ4n) is 2.78. The molecular formula is C20H19F3N4O2S. The molecule has 6 nitrogen and oxygen atoms in total. The molecular weight excluding hydrogens is 417 g/mol. The number of imidazole rings is 1. The van der Waals surface area contributed by atoms with Gasteiger partial charge in [0.2, 0.25) is 0 Å². The second-order valence-electron chi connectivity index (χ2n) is 6.30. The predicted molar refractivity (Wildman–Crippen MR) is 110 cm³/mol. The van der Waals surface area contributed by atoms with Crippen LogP contribution in [0.4, 0.5) is 13.2 Å². The maximum Gasteiger partial charge on any atom is 0.419 e. The highest BCUT2D eigenvalue weighted by molar-refractivity contribution is 8.10. The Morgan fingerprint density at radius 2 is 2.03 bits per heavy atom. The number of rotatable bonds is 6. The van der Waals surface area contributed by atoms with Gasteiger partial charge in [-0.15, -0.1) is 0 Å². The summed E-state index contributed by atoms with van der Waals surface area (Å²) in [6.45, 7) is 2.01. The highest BCUT2D eigenvalue weighted by Crippen LogP contribution is 2.39. The van der Waals surface area contributed by atoms with Crippen molar-refractivity contribution >= 4 is 27.2 Å². The van der Waals surface area contributed by atoms with Gasteiger partial charge in [0.15, 0.2) is 5.69 Å². The molecule has 30 heavy (non-hydrogen) atoms. The number of aryl methyl sites for hydroxylation is 1. The second kappa shape index (κ2) is 8.85. The first-order valence-electron chi connectivity index (χ1n) is 8.88. The van der Waals surface area contributed by atoms with E-state index in [2.05, 4.69) is 9.97 Å². The van der Waals surface area contributed by atoms with E-state index in [4.69, 9.17) is 8.92 Å². The average Bonchev–Trinajstić information content (AvgIpc) is 3.10. The fourth-order valence-corrected chi connectivity index (χ4v) is 3.24. The van der Waals surface area contributed by atoms with Crippen molar-refractivity contribution in [1.29, 1.82) is 5.26 Å². The lowest BCUT2D eigenvalue weighted by Crippen LogP contribution is -2.11. The van der Waals surface area contributed by atoms with Crippen molar-refractivity contribution in [3.8, 4) is 23.1 Å². The third-order valence-electron chi connectivity index (χ3n) is 4.34. The van der Waals surface area contributed by atoms with Crippen LogP contribution < -0.4 is 4.74 Å². The Morgan fingerprint density at radius 1 is 1.27 bits per heavy atom. The summed E-state index contributed by atoms with van der Waals surface area (Å²) in [5, 5.41) is 11.2. The van der Waals surface area contributed by atoms with Crippen molar-refractivity contribution in [1.82, 2.24) is 14.5 Å². The number of nitriles is 1. The molecule has 0 bridgehead atoms. The van der Waals surface area contributed by atoms with Crippen LogP contribution in [0.1, 0.15) is 18.2 Å². The van der Waals surface area contributed by atoms with E-state index in [1.807, 2.05) is 24.6 Å². The van der Waals surface area contributed by atoms with Crippen LogP contribution in [0.5, 0.6) is 5.75 Å². The van der Waals surface area contributed by atoms with Gasteiger partial charge in [-0.25, -0.2) is 9.97 Å². The fraction of sp³-hybridized carbons (Fsp3) is 0.300. The molecule has 2 heterocycles. The normalized spacial score (nSPS) is 12.8. The molecule has 3 rings (SSSR count). The van der Waals surface area contributed by atoms with E-state index in [1.54, 1.807) is 17.7 Å². The first kappa shape index (κ1) is 21.8. The number of pyridine rings is 1. The Kier molecular flexibility index (Phi) is 6.43. The Morgan fingerprint density at radius 3 is 2.70 bits per heavy atom. The number of hydrogen-bond acceptors (Lipinski definition) is 5. The standard InChI is InChI=1S/C20H19F3N4O2S/c1-4-30(3)29-8-7-28-18-6-5-13(9-14(18)20(21,22)23)15-10-17-19(16(11-24)26-15)25-12-27(17)2/h4-6,9-10,12H,7-8H2,1-3H3. The monoisotopic (exact) mass is 436 g/mol. The number of halogens is 3. The van der Waals surface area contributed by atoms with Crippen LogP contribution in [0.2, 0.25) is 0 Å². The lowest BCUT2D eigenvalue weighted by molar-refractivity contribution is -0.139. The molecule has 0 saturated heterocycles. The summed E-state index contributed by atoms with van der Waals surface area (Å²) in [5.41, 5.74) is 0.613. The van der Waals surface area contributed by atoms with Gasteiger partial charge in [-0.1, -0.05) is 10.8 Å². The SMILES string of the molecule is C/C=S(\C)OCCOc1ccc(-c2cc3c(ncn3C)c(C#N)n2)cc1C(F)(F)F. The van der Waals surface area contributed by atoms with Crippen LogP contribution in [-0.4, -0.2) is 39.4 Å². The average molecular weight is 436 g/mol. The molecule has 0 radical (unpaired) electrons. The van der Waals surface area contributed by atoms with Crippen LogP contribution in [0.3, 0.4) is 0 Å². The summed E-state index contributed by atoms with van der Waals surface area (Å²) in [4.78, 5) is 8.31. The lowest BCUT2D eigenvalue weighted by atomic mass is 10.1. The number of aromatic nitrogens is 3. The van der Waals surface area contributed by atoms with E-state index in [-0.39, 0.29) is 46.7 Å². The molecule has 1 atom stereocenters. The Balaban J connectivity index is 1.96. The number of benzene rings is 1. The molecule has 0 spiro atoms. The van der Waals surface area contributed by atoms with Gasteiger partial charge in [0.1, 0.15) is 23.9 Å². The molecule has 10 heteroatoms. The van der Waals surface area contributed by atoms with Crippen LogP contribution in [0.25, 0.3) is 22.3 Å². The van der Waals surface area contributed by atoms with Gasteiger partial charge < -0.3 is 13.5 Å². The summed E-state index contributed by atoms with van der Waals surface area (Å²) in [5.74, 6) is -0.284. The van der Waals surface area contributed by atoms with Gasteiger partial charge in [0.25, 0.3) is 0 Å². The molecule has 0 amide bonds. The summed E-state index contributed by atoms with van der Waals surface area (Å²) in [6, 6.07) is 7.28. The molecule has 2 aromatic heterocycles. The molecule has 1 unspecified atom stereocenters. The van der Waals surface area contributed by atoms with E-state index in [1.165, 1.54) is 18.5 Å². The molecule has 0 N–H and O–H groups in total. The van der Waals surface area contributed by atoms with E-state index in [0.29, 0.717) is 11.0 Å². The number of ether oxygens (including phenoxy) is 1. The van der Waals surface area contributed by atoms with E-state index >= 15 is 0 Å². The predicted octanol–water partition coefficient (Wildman–Crippen LogP) is 4.56. The molecule has 0 aliphatic carbocycles. The van der Waals surface area contributed by atoms with Crippen molar-refractivity contribution in [2.45, 2.75) is 13.1 Å². The zero-order valence-electron chi connectivity index (χ0n) is 16.5. The summed E-state index contributed by atoms with van der Waals surface area (Å²) in [7, 11) is 1.37. The molecule has 0 fully saturated rings. The Labute approximate surface area is 174 Å². The van der Waals surface area contributed by atoms with Gasteiger partial charge in [-0.05, 0) is 36.6 Å². The minimum atomic E-state index is -4.62. The van der Waals surface area contributed by atoms with E-state index in [0.717, 1.165) is 6.07 Å². The maximum absolute atomic E-state index is 13.6. The van der Waals surface area contributed by atoms with Gasteiger partial charge >= 0.3 is 6.18 Å². The topological polar surface area (TPSA) is 73.0 Å². The van der Waals surface area contributed by atoms with Crippen molar-refractivity contribution in [3.05, 3.63) is 41.9 Å². The smallest absolute Gasteiger partial charge is 0.419 e. The van der Waals surface area contributed by atoms with Gasteiger partial charge in [-0.3, -0.25) is 0 Å². The highest BCUT2D eigenvalue weighted by Gasteiger charge is 2.35. The molecule has 158 valence electrons. The third-order valence-corrected chi connectivity index (χ3v) is 5.54. The lowest BCUT2D eigenvalue weighted by Gasteiger charge is -2.16. The molecule has 0 aliphatic heterocycles. The quantitative estimate of drug-likeness (QED) is 0.419. The summed E-state index contributed by atoms with van der Waals surface area (Å²) >= 11 is 0. The minimum Gasteiger partial charge on any atom is -0.491 e. The molecule has 3 aromatic rings. The second-order valence-corrected chi connectivity index (χ2v) is 8.01. The van der Waals surface area contributed by atoms with Crippen LogP contribution in [0.15, 0.2) is 30.6 Å². The van der Waals surface area contributed by atoms with Crippen LogP contribution in [-0.2, 0) is 17.4 Å². The minimum absolute atomic E-state index is 0.00852. The molecule has 0 saturated carbocycles. The van der Waals surface area contributed by atoms with Gasteiger partial charge in [0, 0.05) is 18.9 Å². The highest BCUT2D eigenvalue weighted by atomic mass is 32.2. The number of hydrogen-bond donors (Lipinski definition) is 0. The number of nitrogens with zero attached hydrogens (tertiary/aromatic N) is 4. The largest absolute Gasteiger partial charge is 0.491 e. The summed E-state index contributed by atoms with van der Waals surface area (Å²) in [6.07, 6.45) is -1.24.